The lowest BCUT2D eigenvalue weighted by atomic mass is 10.2. The van der Waals surface area contributed by atoms with Gasteiger partial charge in [-0.3, -0.25) is 14.4 Å². The number of nitrogens with zero attached hydrogens (tertiary/aromatic N) is 1. The standard InChI is InChI=1S/C16H12Cl2N4O3/c17-11-4-1-10(13(18)7-11)8-20-22-16(25)15(24)21-12-5-2-9(3-6-12)14(19)23/h1-8H,(H2,19,23)(H,21,24)(H,22,25)/b20-8+. The molecule has 25 heavy (non-hydrogen) atoms. The van der Waals surface area contributed by atoms with Crippen LogP contribution in [0.2, 0.25) is 10.0 Å². The van der Waals surface area contributed by atoms with Crippen molar-refractivity contribution < 1.29 is 14.4 Å². The Labute approximate surface area is 152 Å². The molecule has 0 bridgehead atoms. The predicted molar refractivity (Wildman–Crippen MR) is 95.8 cm³/mol. The fraction of sp³-hybridized carbons (Fsp3) is 0. The molecule has 4 N–H and O–H groups in total. The Morgan fingerprint density at radius 1 is 1.00 bits per heavy atom. The van der Waals surface area contributed by atoms with Crippen LogP contribution in [0.1, 0.15) is 15.9 Å². The van der Waals surface area contributed by atoms with Crippen LogP contribution >= 0.6 is 23.2 Å². The Balaban J connectivity index is 1.92. The van der Waals surface area contributed by atoms with E-state index >= 15 is 0 Å². The van der Waals surface area contributed by atoms with Crippen LogP contribution in [0.25, 0.3) is 0 Å². The van der Waals surface area contributed by atoms with E-state index in [0.717, 1.165) is 0 Å². The number of rotatable bonds is 4. The van der Waals surface area contributed by atoms with Gasteiger partial charge < -0.3 is 11.1 Å². The van der Waals surface area contributed by atoms with Crippen LogP contribution in [-0.2, 0) is 9.59 Å². The maximum absolute atomic E-state index is 11.8. The van der Waals surface area contributed by atoms with Crippen LogP contribution in [0.5, 0.6) is 0 Å². The van der Waals surface area contributed by atoms with E-state index in [-0.39, 0.29) is 5.56 Å². The molecule has 9 heteroatoms. The molecule has 0 heterocycles. The lowest BCUT2D eigenvalue weighted by molar-refractivity contribution is -0.136. The molecule has 0 spiro atoms. The first kappa shape index (κ1) is 18.4. The highest BCUT2D eigenvalue weighted by atomic mass is 35.5. The average molecular weight is 379 g/mol. The monoisotopic (exact) mass is 378 g/mol. The summed E-state index contributed by atoms with van der Waals surface area (Å²) in [7, 11) is 0. The molecule has 3 amide bonds. The Morgan fingerprint density at radius 3 is 2.28 bits per heavy atom. The third-order valence-electron chi connectivity index (χ3n) is 2.97. The summed E-state index contributed by atoms with van der Waals surface area (Å²) in [6.45, 7) is 0. The van der Waals surface area contributed by atoms with E-state index in [1.54, 1.807) is 12.1 Å². The molecule has 0 aliphatic rings. The van der Waals surface area contributed by atoms with E-state index < -0.39 is 17.7 Å². The van der Waals surface area contributed by atoms with Crippen molar-refractivity contribution in [2.75, 3.05) is 5.32 Å². The first-order chi connectivity index (χ1) is 11.9. The van der Waals surface area contributed by atoms with Crippen molar-refractivity contribution in [2.24, 2.45) is 10.8 Å². The third kappa shape index (κ3) is 5.30. The Kier molecular flexibility index (Phi) is 6.10. The zero-order valence-electron chi connectivity index (χ0n) is 12.6. The zero-order valence-corrected chi connectivity index (χ0v) is 14.1. The molecule has 0 atom stereocenters. The quantitative estimate of drug-likeness (QED) is 0.430. The lowest BCUT2D eigenvalue weighted by Gasteiger charge is -2.04. The van der Waals surface area contributed by atoms with E-state index in [2.05, 4.69) is 15.8 Å². The molecule has 0 radical (unpaired) electrons. The number of hydrogen-bond acceptors (Lipinski definition) is 4. The molecule has 0 fully saturated rings. The van der Waals surface area contributed by atoms with Crippen LogP contribution < -0.4 is 16.5 Å². The molecule has 0 aliphatic carbocycles. The van der Waals surface area contributed by atoms with Crippen LogP contribution in [0.3, 0.4) is 0 Å². The molecular weight excluding hydrogens is 367 g/mol. The lowest BCUT2D eigenvalue weighted by Crippen LogP contribution is -2.32. The molecule has 0 aliphatic heterocycles. The van der Waals surface area contributed by atoms with Gasteiger partial charge in [-0.25, -0.2) is 5.43 Å². The van der Waals surface area contributed by atoms with Gasteiger partial charge in [0.15, 0.2) is 0 Å². The van der Waals surface area contributed by atoms with Crippen LogP contribution in [-0.4, -0.2) is 23.9 Å². The first-order valence-corrected chi connectivity index (χ1v) is 7.61. The first-order valence-electron chi connectivity index (χ1n) is 6.86. The zero-order chi connectivity index (χ0) is 18.4. The topological polar surface area (TPSA) is 114 Å². The number of nitrogens with two attached hydrogens (primary N) is 1. The molecule has 2 aromatic carbocycles. The number of carbonyl (C=O) groups excluding carboxylic acids is 3. The molecule has 0 unspecified atom stereocenters. The van der Waals surface area contributed by atoms with Gasteiger partial charge in [0.25, 0.3) is 0 Å². The van der Waals surface area contributed by atoms with Crippen LogP contribution in [0.4, 0.5) is 5.69 Å². The fourth-order valence-corrected chi connectivity index (χ4v) is 2.18. The van der Waals surface area contributed by atoms with Crippen molar-refractivity contribution in [1.82, 2.24) is 5.43 Å². The van der Waals surface area contributed by atoms with Crippen LogP contribution in [0.15, 0.2) is 47.6 Å². The summed E-state index contributed by atoms with van der Waals surface area (Å²) in [6, 6.07) is 10.5. The minimum atomic E-state index is -0.972. The molecule has 0 saturated heterocycles. The van der Waals surface area contributed by atoms with Crippen molar-refractivity contribution in [3.8, 4) is 0 Å². The minimum Gasteiger partial charge on any atom is -0.366 e. The molecule has 128 valence electrons. The van der Waals surface area contributed by atoms with Gasteiger partial charge in [-0.15, -0.1) is 0 Å². The van der Waals surface area contributed by atoms with Gasteiger partial charge >= 0.3 is 11.8 Å². The van der Waals surface area contributed by atoms with Gasteiger partial charge in [-0.1, -0.05) is 29.3 Å². The molecule has 2 aromatic rings. The van der Waals surface area contributed by atoms with Gasteiger partial charge in [0.05, 0.1) is 11.2 Å². The Bertz CT molecular complexity index is 851. The van der Waals surface area contributed by atoms with Crippen molar-refractivity contribution in [3.63, 3.8) is 0 Å². The second-order valence-electron chi connectivity index (χ2n) is 4.76. The minimum absolute atomic E-state index is 0.284. The second kappa shape index (κ2) is 8.27. The van der Waals surface area contributed by atoms with Gasteiger partial charge in [-0.05, 0) is 36.4 Å². The molecule has 2 rings (SSSR count). The predicted octanol–water partition coefficient (Wildman–Crippen LogP) is 2.18. The van der Waals surface area contributed by atoms with Crippen molar-refractivity contribution in [3.05, 3.63) is 63.6 Å². The average Bonchev–Trinajstić information content (AvgIpc) is 2.57. The number of nitrogens with one attached hydrogen (secondary N) is 2. The normalized spacial score (nSPS) is 10.5. The maximum atomic E-state index is 11.8. The molecule has 0 aromatic heterocycles. The van der Waals surface area contributed by atoms with Gasteiger partial charge in [0.2, 0.25) is 5.91 Å². The highest BCUT2D eigenvalue weighted by Crippen LogP contribution is 2.19. The molecule has 7 nitrogen and oxygen atoms in total. The van der Waals surface area contributed by atoms with Gasteiger partial charge in [0.1, 0.15) is 0 Å². The van der Waals surface area contributed by atoms with Gasteiger partial charge in [-0.2, -0.15) is 5.10 Å². The molecule has 0 saturated carbocycles. The largest absolute Gasteiger partial charge is 0.366 e. The fourth-order valence-electron chi connectivity index (χ4n) is 1.72. The summed E-state index contributed by atoms with van der Waals surface area (Å²) in [6.07, 6.45) is 1.28. The number of amides is 3. The number of halogens is 2. The summed E-state index contributed by atoms with van der Waals surface area (Å²) >= 11 is 11.7. The van der Waals surface area contributed by atoms with Crippen molar-refractivity contribution >= 4 is 52.8 Å². The van der Waals surface area contributed by atoms with Crippen molar-refractivity contribution in [1.29, 1.82) is 0 Å². The number of hydrogen-bond donors (Lipinski definition) is 3. The Morgan fingerprint density at radius 2 is 1.68 bits per heavy atom. The van der Waals surface area contributed by atoms with Crippen LogP contribution in [0, 0.1) is 0 Å². The highest BCUT2D eigenvalue weighted by molar-refractivity contribution is 6.39. The second-order valence-corrected chi connectivity index (χ2v) is 5.60. The summed E-state index contributed by atoms with van der Waals surface area (Å²) in [5.74, 6) is -2.49. The summed E-state index contributed by atoms with van der Waals surface area (Å²) in [5.41, 5.74) is 8.32. The number of primary amides is 1. The van der Waals surface area contributed by atoms with Crippen molar-refractivity contribution in [2.45, 2.75) is 0 Å². The third-order valence-corrected chi connectivity index (χ3v) is 3.53. The summed E-state index contributed by atoms with van der Waals surface area (Å²) in [4.78, 5) is 34.4. The SMILES string of the molecule is NC(=O)c1ccc(NC(=O)C(=O)N/N=C/c2ccc(Cl)cc2Cl)cc1. The summed E-state index contributed by atoms with van der Waals surface area (Å²) in [5, 5.41) is 6.83. The number of anilines is 1. The van der Waals surface area contributed by atoms with Gasteiger partial charge in [0, 0.05) is 21.8 Å². The maximum Gasteiger partial charge on any atom is 0.329 e. The Hall–Kier alpha value is -2.90. The van der Waals surface area contributed by atoms with E-state index in [9.17, 15) is 14.4 Å². The van der Waals surface area contributed by atoms with E-state index in [1.807, 2.05) is 0 Å². The smallest absolute Gasteiger partial charge is 0.329 e. The number of hydrazone groups is 1. The van der Waals surface area contributed by atoms with E-state index in [0.29, 0.717) is 21.3 Å². The highest BCUT2D eigenvalue weighted by Gasteiger charge is 2.13. The number of carbonyl (C=O) groups is 3. The van der Waals surface area contributed by atoms with E-state index in [4.69, 9.17) is 28.9 Å². The number of benzene rings is 2. The molecular formula is C16H12Cl2N4O3. The summed E-state index contributed by atoms with van der Waals surface area (Å²) < 4.78 is 0. The van der Waals surface area contributed by atoms with E-state index in [1.165, 1.54) is 36.5 Å².